The number of nitrogens with zero attached hydrogens (tertiary/aromatic N) is 1. The predicted molar refractivity (Wildman–Crippen MR) is 62.2 cm³/mol. The molecule has 14 heavy (non-hydrogen) atoms. The van der Waals surface area contributed by atoms with Crippen LogP contribution in [0.1, 0.15) is 0 Å². The van der Waals surface area contributed by atoms with Crippen molar-refractivity contribution in [3.63, 3.8) is 0 Å². The molecule has 0 amide bonds. The fourth-order valence-electron chi connectivity index (χ4n) is 1.35. The van der Waals surface area contributed by atoms with Crippen LogP contribution < -0.4 is 8.34 Å². The normalized spacial score (nSPS) is 10.4. The van der Waals surface area contributed by atoms with Gasteiger partial charge in [0.25, 0.3) is 0 Å². The van der Waals surface area contributed by atoms with Crippen LogP contribution in [-0.2, 0) is 7.05 Å². The van der Waals surface area contributed by atoms with E-state index in [1.54, 1.807) is 0 Å². The van der Waals surface area contributed by atoms with E-state index in [0.29, 0.717) is 15.0 Å². The fraction of sp³-hybridized carbons (Fsp3) is 0.182. The molecule has 1 nitrogen and oxygen atoms in total. The molecule has 2 heterocycles. The van der Waals surface area contributed by atoms with Gasteiger partial charge in [0.2, 0.25) is 0 Å². The minimum absolute atomic E-state index is 0.621. The van der Waals surface area contributed by atoms with E-state index < -0.39 is 0 Å². The number of pyridine rings is 1. The van der Waals surface area contributed by atoms with E-state index in [9.17, 15) is 0 Å². The van der Waals surface area contributed by atoms with Crippen LogP contribution in [0.5, 0.6) is 0 Å². The molecule has 0 unspecified atom stereocenters. The Labute approximate surface area is 94.6 Å². The van der Waals surface area contributed by atoms with Crippen molar-refractivity contribution in [3.8, 4) is 10.6 Å². The molecule has 0 fully saturated rings. The van der Waals surface area contributed by atoms with Gasteiger partial charge in [0, 0.05) is 0 Å². The molecule has 72 valence electrons. The van der Waals surface area contributed by atoms with Crippen LogP contribution in [0.25, 0.3) is 10.6 Å². The zero-order valence-corrected chi connectivity index (χ0v) is 10.8. The van der Waals surface area contributed by atoms with Gasteiger partial charge in [0.1, 0.15) is 0 Å². The summed E-state index contributed by atoms with van der Waals surface area (Å²) in [6.07, 6.45) is 2.09. The molecule has 0 spiro atoms. The fourth-order valence-corrected chi connectivity index (χ4v) is 3.75. The summed E-state index contributed by atoms with van der Waals surface area (Å²) in [5.74, 6) is 2.26. The molecule has 0 saturated heterocycles. The maximum atomic E-state index is 2.26. The second kappa shape index (κ2) is 4.26. The molecule has 0 aliphatic heterocycles. The number of thiophene rings is 1. The average molecular weight is 269 g/mol. The Morgan fingerprint density at radius 2 is 2.07 bits per heavy atom. The van der Waals surface area contributed by atoms with Crippen molar-refractivity contribution in [1.29, 1.82) is 0 Å². The van der Waals surface area contributed by atoms with Gasteiger partial charge in [-0.1, -0.05) is 0 Å². The van der Waals surface area contributed by atoms with Crippen molar-refractivity contribution in [2.45, 2.75) is 5.82 Å². The first-order valence-corrected chi connectivity index (χ1v) is 7.79. The van der Waals surface area contributed by atoms with Crippen LogP contribution >= 0.6 is 11.3 Å². The van der Waals surface area contributed by atoms with Crippen molar-refractivity contribution < 1.29 is 4.57 Å². The van der Waals surface area contributed by atoms with Gasteiger partial charge in [-0.15, -0.1) is 0 Å². The van der Waals surface area contributed by atoms with Crippen LogP contribution in [0.15, 0.2) is 36.5 Å². The van der Waals surface area contributed by atoms with Crippen molar-refractivity contribution in [2.75, 3.05) is 0 Å². The van der Waals surface area contributed by atoms with Crippen LogP contribution in [-0.4, -0.2) is 15.0 Å². The van der Waals surface area contributed by atoms with E-state index in [2.05, 4.69) is 54.0 Å². The summed E-state index contributed by atoms with van der Waals surface area (Å²) in [4.78, 5) is 1.37. The summed E-state index contributed by atoms with van der Waals surface area (Å²) in [5.41, 5.74) is 1.30. The average Bonchev–Trinajstić information content (AvgIpc) is 2.67. The number of hydrogen-bond donors (Lipinski definition) is 0. The van der Waals surface area contributed by atoms with Crippen molar-refractivity contribution in [3.05, 3.63) is 36.5 Å². The molecule has 0 radical (unpaired) electrons. The summed E-state index contributed by atoms with van der Waals surface area (Å²) in [7, 11) is 2.09. The Morgan fingerprint density at radius 3 is 2.71 bits per heavy atom. The first-order chi connectivity index (χ1) is 6.81. The third kappa shape index (κ3) is 1.90. The first kappa shape index (κ1) is 9.91. The predicted octanol–water partition coefficient (Wildman–Crippen LogP) is 1.62. The minimum atomic E-state index is 0.621. The van der Waals surface area contributed by atoms with E-state index in [1.807, 2.05) is 11.3 Å². The van der Waals surface area contributed by atoms with E-state index in [0.717, 1.165) is 0 Å². The van der Waals surface area contributed by atoms with Crippen molar-refractivity contribution >= 4 is 30.1 Å². The van der Waals surface area contributed by atoms with Gasteiger partial charge in [-0.2, -0.15) is 0 Å². The summed E-state index contributed by atoms with van der Waals surface area (Å²) < 4.78 is 3.68. The van der Waals surface area contributed by atoms with E-state index >= 15 is 0 Å². The van der Waals surface area contributed by atoms with E-state index in [-0.39, 0.29) is 0 Å². The molecule has 0 N–H and O–H groups in total. The quantitative estimate of drug-likeness (QED) is 0.576. The van der Waals surface area contributed by atoms with Crippen LogP contribution in [0, 0.1) is 0 Å². The van der Waals surface area contributed by atoms with Gasteiger partial charge in [-0.05, 0) is 0 Å². The van der Waals surface area contributed by atoms with Crippen LogP contribution in [0.4, 0.5) is 0 Å². The molecule has 0 saturated carbocycles. The number of aromatic nitrogens is 1. The molecule has 2 rings (SSSR count). The molecule has 0 aliphatic carbocycles. The molecule has 0 bridgehead atoms. The topological polar surface area (TPSA) is 3.88 Å². The summed E-state index contributed by atoms with van der Waals surface area (Å²) in [5, 5.41) is 0. The second-order valence-corrected chi connectivity index (χ2v) is 6.47. The summed E-state index contributed by atoms with van der Waals surface area (Å²) in [6.45, 7) is 0. The Kier molecular flexibility index (Phi) is 3.02. The maximum absolute atomic E-state index is 2.26. The number of hydrogen-bond acceptors (Lipinski definition) is 1. The van der Waals surface area contributed by atoms with Crippen molar-refractivity contribution in [2.24, 2.45) is 7.05 Å². The number of rotatable bonds is 2. The van der Waals surface area contributed by atoms with Crippen LogP contribution in [0.2, 0.25) is 5.82 Å². The van der Waals surface area contributed by atoms with Gasteiger partial charge < -0.3 is 0 Å². The third-order valence-electron chi connectivity index (χ3n) is 2.09. The molecule has 0 aliphatic rings. The Morgan fingerprint density at radius 1 is 1.21 bits per heavy atom. The van der Waals surface area contributed by atoms with Gasteiger partial charge in [0.05, 0.1) is 0 Å². The third-order valence-corrected chi connectivity index (χ3v) is 5.51. The van der Waals surface area contributed by atoms with Gasteiger partial charge >= 0.3 is 94.6 Å². The molecule has 3 heteroatoms. The molecular formula is C11H12NSSe+. The second-order valence-electron chi connectivity index (χ2n) is 3.02. The van der Waals surface area contributed by atoms with Crippen LogP contribution in [0.3, 0.4) is 0 Å². The number of aryl methyl sites for hydroxylation is 1. The Balaban J connectivity index is 2.44. The SMILES string of the molecule is C[Se]c1ccc(-c2cccc[n+]2C)s1. The Bertz CT molecular complexity index is 436. The molecule has 2 aromatic heterocycles. The molecule has 0 aromatic carbocycles. The summed E-state index contributed by atoms with van der Waals surface area (Å²) >= 11 is 2.53. The van der Waals surface area contributed by atoms with Gasteiger partial charge in [-0.3, -0.25) is 0 Å². The molecular weight excluding hydrogens is 257 g/mol. The molecule has 2 aromatic rings. The van der Waals surface area contributed by atoms with Gasteiger partial charge in [0.15, 0.2) is 0 Å². The zero-order valence-electron chi connectivity index (χ0n) is 8.23. The van der Waals surface area contributed by atoms with E-state index in [1.165, 1.54) is 14.3 Å². The van der Waals surface area contributed by atoms with E-state index in [4.69, 9.17) is 0 Å². The monoisotopic (exact) mass is 270 g/mol. The standard InChI is InChI=1S/C11H12NSSe/c1-12-8-4-3-5-9(12)10-6-7-11(13-10)14-2/h3-8H,1-2H3/q+1. The molecule has 0 atom stereocenters. The summed E-state index contributed by atoms with van der Waals surface area (Å²) in [6, 6.07) is 10.8. The van der Waals surface area contributed by atoms with Crippen molar-refractivity contribution in [1.82, 2.24) is 0 Å². The van der Waals surface area contributed by atoms with Gasteiger partial charge in [-0.25, -0.2) is 0 Å². The first-order valence-electron chi connectivity index (χ1n) is 4.40. The Hall–Kier alpha value is -0.631. The zero-order chi connectivity index (χ0) is 9.97.